The van der Waals surface area contributed by atoms with Crippen LogP contribution in [0, 0.1) is 5.92 Å². The molecule has 2 heterocycles. The first kappa shape index (κ1) is 14.9. The van der Waals surface area contributed by atoms with Crippen LogP contribution in [0.5, 0.6) is 0 Å². The van der Waals surface area contributed by atoms with Gasteiger partial charge in [-0.1, -0.05) is 13.8 Å². The van der Waals surface area contributed by atoms with Crippen molar-refractivity contribution >= 4 is 15.9 Å². The van der Waals surface area contributed by atoms with E-state index in [0.717, 1.165) is 29.8 Å². The Morgan fingerprint density at radius 1 is 1.47 bits per heavy atom. The standard InChI is InChI=1S/C15H24BrN3/c1-12(2)9-19(10-14-4-3-7-17-14)11-15-6-5-13(16)8-18-15/h5-6,8,12,14,17H,3-4,7,9-11H2,1-2H3. The third-order valence-corrected chi connectivity index (χ3v) is 3.91. The van der Waals surface area contributed by atoms with Crippen molar-refractivity contribution in [3.8, 4) is 0 Å². The molecule has 1 aromatic heterocycles. The van der Waals surface area contributed by atoms with Gasteiger partial charge in [-0.05, 0) is 53.4 Å². The molecule has 1 atom stereocenters. The zero-order valence-electron chi connectivity index (χ0n) is 11.9. The molecule has 2 rings (SSSR count). The first-order valence-corrected chi connectivity index (χ1v) is 7.99. The molecular weight excluding hydrogens is 302 g/mol. The maximum Gasteiger partial charge on any atom is 0.0544 e. The smallest absolute Gasteiger partial charge is 0.0544 e. The van der Waals surface area contributed by atoms with Crippen molar-refractivity contribution < 1.29 is 0 Å². The van der Waals surface area contributed by atoms with Crippen LogP contribution >= 0.6 is 15.9 Å². The summed E-state index contributed by atoms with van der Waals surface area (Å²) < 4.78 is 1.05. The van der Waals surface area contributed by atoms with Crippen LogP contribution in [-0.2, 0) is 6.54 Å². The highest BCUT2D eigenvalue weighted by molar-refractivity contribution is 9.10. The van der Waals surface area contributed by atoms with Crippen LogP contribution in [-0.4, -0.2) is 35.6 Å². The molecule has 1 aromatic rings. The van der Waals surface area contributed by atoms with Gasteiger partial charge in [0.05, 0.1) is 5.69 Å². The summed E-state index contributed by atoms with van der Waals surface area (Å²) in [6.45, 7) is 8.96. The van der Waals surface area contributed by atoms with Gasteiger partial charge >= 0.3 is 0 Å². The minimum atomic E-state index is 0.661. The van der Waals surface area contributed by atoms with Crippen LogP contribution < -0.4 is 5.32 Å². The molecular formula is C15H24BrN3. The zero-order chi connectivity index (χ0) is 13.7. The molecule has 1 aliphatic rings. The summed E-state index contributed by atoms with van der Waals surface area (Å²) in [4.78, 5) is 7.02. The number of aromatic nitrogens is 1. The van der Waals surface area contributed by atoms with Crippen molar-refractivity contribution in [3.05, 3.63) is 28.5 Å². The summed E-state index contributed by atoms with van der Waals surface area (Å²) in [6, 6.07) is 4.85. The molecule has 19 heavy (non-hydrogen) atoms. The van der Waals surface area contributed by atoms with Crippen LogP contribution in [0.1, 0.15) is 32.4 Å². The van der Waals surface area contributed by atoms with Crippen molar-refractivity contribution in [1.29, 1.82) is 0 Å². The van der Waals surface area contributed by atoms with Crippen LogP contribution in [0.4, 0.5) is 0 Å². The van der Waals surface area contributed by atoms with Gasteiger partial charge in [0.25, 0.3) is 0 Å². The minimum absolute atomic E-state index is 0.661. The van der Waals surface area contributed by atoms with E-state index in [0.29, 0.717) is 12.0 Å². The fraction of sp³-hybridized carbons (Fsp3) is 0.667. The largest absolute Gasteiger partial charge is 0.313 e. The quantitative estimate of drug-likeness (QED) is 0.871. The molecule has 0 aliphatic carbocycles. The average molecular weight is 326 g/mol. The Morgan fingerprint density at radius 3 is 2.89 bits per heavy atom. The van der Waals surface area contributed by atoms with Gasteiger partial charge in [-0.25, -0.2) is 0 Å². The normalized spacial score (nSPS) is 19.5. The van der Waals surface area contributed by atoms with Crippen molar-refractivity contribution in [2.24, 2.45) is 5.92 Å². The number of rotatable bonds is 6. The van der Waals surface area contributed by atoms with Gasteiger partial charge in [-0.2, -0.15) is 0 Å². The maximum absolute atomic E-state index is 4.49. The molecule has 0 aromatic carbocycles. The lowest BCUT2D eigenvalue weighted by molar-refractivity contribution is 0.214. The van der Waals surface area contributed by atoms with E-state index in [1.807, 2.05) is 6.20 Å². The third-order valence-electron chi connectivity index (χ3n) is 3.44. The summed E-state index contributed by atoms with van der Waals surface area (Å²) in [7, 11) is 0. The Kier molecular flexibility index (Phi) is 5.79. The van der Waals surface area contributed by atoms with Crippen molar-refractivity contribution in [2.75, 3.05) is 19.6 Å². The second kappa shape index (κ2) is 7.36. The Balaban J connectivity index is 1.93. The maximum atomic E-state index is 4.49. The first-order valence-electron chi connectivity index (χ1n) is 7.19. The first-order chi connectivity index (χ1) is 9.13. The lowest BCUT2D eigenvalue weighted by Crippen LogP contribution is -2.39. The van der Waals surface area contributed by atoms with Gasteiger partial charge in [-0.15, -0.1) is 0 Å². The summed E-state index contributed by atoms with van der Waals surface area (Å²) in [5.74, 6) is 0.692. The van der Waals surface area contributed by atoms with E-state index in [-0.39, 0.29) is 0 Å². The lowest BCUT2D eigenvalue weighted by Gasteiger charge is -2.27. The number of hydrogen-bond acceptors (Lipinski definition) is 3. The third kappa shape index (κ3) is 5.21. The second-order valence-electron chi connectivity index (χ2n) is 5.85. The van der Waals surface area contributed by atoms with Gasteiger partial charge in [-0.3, -0.25) is 9.88 Å². The number of halogens is 1. The highest BCUT2D eigenvalue weighted by atomic mass is 79.9. The van der Waals surface area contributed by atoms with Crippen molar-refractivity contribution in [1.82, 2.24) is 15.2 Å². The van der Waals surface area contributed by atoms with Gasteiger partial charge in [0, 0.05) is 36.3 Å². The summed E-state index contributed by atoms with van der Waals surface area (Å²) in [5, 5.41) is 3.59. The topological polar surface area (TPSA) is 28.2 Å². The van der Waals surface area contributed by atoms with E-state index in [4.69, 9.17) is 0 Å². The number of nitrogens with one attached hydrogen (secondary N) is 1. The van der Waals surface area contributed by atoms with Gasteiger partial charge < -0.3 is 5.32 Å². The molecule has 0 bridgehead atoms. The van der Waals surface area contributed by atoms with E-state index in [1.165, 1.54) is 19.4 Å². The van der Waals surface area contributed by atoms with E-state index in [1.54, 1.807) is 0 Å². The molecule has 0 radical (unpaired) electrons. The van der Waals surface area contributed by atoms with E-state index in [9.17, 15) is 0 Å². The Labute approximate surface area is 124 Å². The van der Waals surface area contributed by atoms with Crippen LogP contribution in [0.25, 0.3) is 0 Å². The number of nitrogens with zero attached hydrogens (tertiary/aromatic N) is 2. The molecule has 4 heteroatoms. The Bertz CT molecular complexity index is 371. The summed E-state index contributed by atoms with van der Waals surface area (Å²) in [5.41, 5.74) is 1.15. The molecule has 1 unspecified atom stereocenters. The molecule has 1 fully saturated rings. The molecule has 0 amide bonds. The average Bonchev–Trinajstić information content (AvgIpc) is 2.84. The molecule has 1 N–H and O–H groups in total. The van der Waals surface area contributed by atoms with E-state index in [2.05, 4.69) is 57.1 Å². The predicted octanol–water partition coefficient (Wildman–Crippen LogP) is 3.05. The van der Waals surface area contributed by atoms with Crippen molar-refractivity contribution in [2.45, 2.75) is 39.3 Å². The predicted molar refractivity (Wildman–Crippen MR) is 83.1 cm³/mol. The van der Waals surface area contributed by atoms with Gasteiger partial charge in [0.2, 0.25) is 0 Å². The molecule has 3 nitrogen and oxygen atoms in total. The van der Waals surface area contributed by atoms with Crippen LogP contribution in [0.2, 0.25) is 0 Å². The number of hydrogen-bond donors (Lipinski definition) is 1. The summed E-state index contributed by atoms with van der Waals surface area (Å²) >= 11 is 3.44. The van der Waals surface area contributed by atoms with E-state index < -0.39 is 0 Å². The molecule has 1 saturated heterocycles. The highest BCUT2D eigenvalue weighted by Crippen LogP contribution is 2.13. The molecule has 1 aliphatic heterocycles. The molecule has 106 valence electrons. The molecule has 0 saturated carbocycles. The fourth-order valence-electron chi connectivity index (χ4n) is 2.67. The lowest BCUT2D eigenvalue weighted by atomic mass is 10.1. The Hall–Kier alpha value is -0.450. The molecule has 0 spiro atoms. The fourth-order valence-corrected chi connectivity index (χ4v) is 2.91. The Morgan fingerprint density at radius 2 is 2.32 bits per heavy atom. The number of pyridine rings is 1. The van der Waals surface area contributed by atoms with Crippen LogP contribution in [0.15, 0.2) is 22.8 Å². The second-order valence-corrected chi connectivity index (χ2v) is 6.76. The van der Waals surface area contributed by atoms with Crippen LogP contribution in [0.3, 0.4) is 0 Å². The van der Waals surface area contributed by atoms with Crippen molar-refractivity contribution in [3.63, 3.8) is 0 Å². The highest BCUT2D eigenvalue weighted by Gasteiger charge is 2.18. The minimum Gasteiger partial charge on any atom is -0.313 e. The SMILES string of the molecule is CC(C)CN(Cc1ccc(Br)cn1)CC1CCCN1. The van der Waals surface area contributed by atoms with Gasteiger partial charge in [0.1, 0.15) is 0 Å². The zero-order valence-corrected chi connectivity index (χ0v) is 13.5. The van der Waals surface area contributed by atoms with E-state index >= 15 is 0 Å². The monoisotopic (exact) mass is 325 g/mol. The van der Waals surface area contributed by atoms with Gasteiger partial charge in [0.15, 0.2) is 0 Å². The summed E-state index contributed by atoms with van der Waals surface area (Å²) in [6.07, 6.45) is 4.51.